The minimum Gasteiger partial charge on any atom is -0.492 e. The second-order valence-corrected chi connectivity index (χ2v) is 7.56. The lowest BCUT2D eigenvalue weighted by Gasteiger charge is -2.35. The third-order valence-electron chi connectivity index (χ3n) is 5.83. The Morgan fingerprint density at radius 1 is 1.07 bits per heavy atom. The van der Waals surface area contributed by atoms with Crippen LogP contribution in [0.15, 0.2) is 48.5 Å². The van der Waals surface area contributed by atoms with Crippen molar-refractivity contribution in [1.82, 2.24) is 14.9 Å². The van der Waals surface area contributed by atoms with Crippen molar-refractivity contribution >= 4 is 16.9 Å². The highest BCUT2D eigenvalue weighted by Crippen LogP contribution is 2.31. The molecule has 1 N–H and O–H groups in total. The Bertz CT molecular complexity index is 939. The lowest BCUT2D eigenvalue weighted by Crippen LogP contribution is -2.44. The predicted molar refractivity (Wildman–Crippen MR) is 104 cm³/mol. The zero-order valence-electron chi connectivity index (χ0n) is 15.2. The molecule has 1 amide bonds. The highest BCUT2D eigenvalue weighted by Gasteiger charge is 2.32. The molecule has 3 heterocycles. The number of fused-ring (bicyclic) bond motifs is 2. The molecule has 2 aliphatic heterocycles. The van der Waals surface area contributed by atoms with E-state index in [1.54, 1.807) is 0 Å². The van der Waals surface area contributed by atoms with Crippen LogP contribution in [-0.2, 0) is 11.2 Å². The summed E-state index contributed by atoms with van der Waals surface area (Å²) in [6.45, 7) is 2.07. The van der Waals surface area contributed by atoms with Gasteiger partial charge in [0.05, 0.1) is 17.0 Å². The molecule has 138 valence electrons. The van der Waals surface area contributed by atoms with Crippen LogP contribution in [0.4, 0.5) is 0 Å². The summed E-state index contributed by atoms with van der Waals surface area (Å²) >= 11 is 0. The van der Waals surface area contributed by atoms with Crippen LogP contribution in [0.3, 0.4) is 0 Å². The smallest absolute Gasteiger partial charge is 0.229 e. The summed E-state index contributed by atoms with van der Waals surface area (Å²) in [4.78, 5) is 23.2. The quantitative estimate of drug-likeness (QED) is 0.760. The van der Waals surface area contributed by atoms with Crippen molar-refractivity contribution < 1.29 is 9.53 Å². The van der Waals surface area contributed by atoms with Crippen LogP contribution in [0.1, 0.15) is 30.1 Å². The number of amides is 1. The fourth-order valence-corrected chi connectivity index (χ4v) is 4.28. The normalized spacial score (nSPS) is 20.3. The number of hydrogen-bond donors (Lipinski definition) is 1. The minimum absolute atomic E-state index is 0.0670. The Hall–Kier alpha value is -2.82. The van der Waals surface area contributed by atoms with Gasteiger partial charge < -0.3 is 14.6 Å². The van der Waals surface area contributed by atoms with E-state index in [2.05, 4.69) is 17.1 Å². The Balaban J connectivity index is 1.23. The second-order valence-electron chi connectivity index (χ2n) is 7.56. The van der Waals surface area contributed by atoms with Crippen LogP contribution in [0, 0.1) is 5.92 Å². The Labute approximate surface area is 158 Å². The zero-order chi connectivity index (χ0) is 18.2. The summed E-state index contributed by atoms with van der Waals surface area (Å²) in [5.41, 5.74) is 3.24. The fourth-order valence-electron chi connectivity index (χ4n) is 4.28. The number of likely N-dealkylation sites (tertiary alicyclic amines) is 1. The standard InChI is InChI=1S/C22H23N3O2/c26-22(17-13-16-5-1-4-8-20(16)27-14-17)25-11-9-15(10-12-25)21-23-18-6-2-3-7-19(18)24-21/h1-8,15,17H,9-14H2,(H,23,24). The first kappa shape index (κ1) is 16.4. The maximum Gasteiger partial charge on any atom is 0.229 e. The van der Waals surface area contributed by atoms with Gasteiger partial charge in [-0.1, -0.05) is 30.3 Å². The number of ether oxygens (including phenoxy) is 1. The summed E-state index contributed by atoms with van der Waals surface area (Å²) in [5.74, 6) is 2.53. The van der Waals surface area contributed by atoms with E-state index in [1.807, 2.05) is 41.3 Å². The summed E-state index contributed by atoms with van der Waals surface area (Å²) in [7, 11) is 0. The van der Waals surface area contributed by atoms with Crippen molar-refractivity contribution in [3.8, 4) is 5.75 Å². The van der Waals surface area contributed by atoms with Gasteiger partial charge in [0.2, 0.25) is 5.91 Å². The molecule has 0 aliphatic carbocycles. The van der Waals surface area contributed by atoms with Gasteiger partial charge in [-0.25, -0.2) is 4.98 Å². The van der Waals surface area contributed by atoms with Crippen LogP contribution in [0.25, 0.3) is 11.0 Å². The average molecular weight is 361 g/mol. The topological polar surface area (TPSA) is 58.2 Å². The van der Waals surface area contributed by atoms with E-state index >= 15 is 0 Å². The van der Waals surface area contributed by atoms with Crippen LogP contribution in [0.5, 0.6) is 5.75 Å². The number of aromatic amines is 1. The number of piperidine rings is 1. The summed E-state index contributed by atoms with van der Waals surface area (Å²) in [6, 6.07) is 16.2. The number of benzene rings is 2. The molecule has 1 fully saturated rings. The number of carbonyl (C=O) groups excluding carboxylic acids is 1. The molecule has 2 aromatic carbocycles. The van der Waals surface area contributed by atoms with E-state index < -0.39 is 0 Å². The number of para-hydroxylation sites is 3. The van der Waals surface area contributed by atoms with E-state index in [4.69, 9.17) is 9.72 Å². The largest absolute Gasteiger partial charge is 0.492 e. The molecule has 0 bridgehead atoms. The number of H-pyrrole nitrogens is 1. The lowest BCUT2D eigenvalue weighted by molar-refractivity contribution is -0.138. The van der Waals surface area contributed by atoms with E-state index in [0.717, 1.165) is 60.5 Å². The van der Waals surface area contributed by atoms with Gasteiger partial charge in [0.15, 0.2) is 0 Å². The second kappa shape index (κ2) is 6.72. The van der Waals surface area contributed by atoms with Gasteiger partial charge in [0.25, 0.3) is 0 Å². The average Bonchev–Trinajstić information content (AvgIpc) is 3.17. The van der Waals surface area contributed by atoms with Crippen molar-refractivity contribution in [2.75, 3.05) is 19.7 Å². The van der Waals surface area contributed by atoms with Gasteiger partial charge in [-0.3, -0.25) is 4.79 Å². The van der Waals surface area contributed by atoms with E-state index in [1.165, 1.54) is 0 Å². The molecule has 2 aliphatic rings. The monoisotopic (exact) mass is 361 g/mol. The van der Waals surface area contributed by atoms with E-state index in [-0.39, 0.29) is 11.8 Å². The van der Waals surface area contributed by atoms with Crippen LogP contribution < -0.4 is 4.74 Å². The zero-order valence-corrected chi connectivity index (χ0v) is 15.2. The van der Waals surface area contributed by atoms with Crippen molar-refractivity contribution in [2.45, 2.75) is 25.2 Å². The Morgan fingerprint density at radius 2 is 1.85 bits per heavy atom. The summed E-state index contributed by atoms with van der Waals surface area (Å²) < 4.78 is 5.81. The Kier molecular flexibility index (Phi) is 4.07. The molecular weight excluding hydrogens is 338 g/mol. The molecule has 1 aromatic heterocycles. The summed E-state index contributed by atoms with van der Waals surface area (Å²) in [5, 5.41) is 0. The maximum atomic E-state index is 13.0. The molecule has 3 aromatic rings. The van der Waals surface area contributed by atoms with Crippen LogP contribution >= 0.6 is 0 Å². The first-order valence-corrected chi connectivity index (χ1v) is 9.72. The Morgan fingerprint density at radius 3 is 2.70 bits per heavy atom. The molecule has 5 rings (SSSR count). The molecule has 5 nitrogen and oxygen atoms in total. The van der Waals surface area contributed by atoms with E-state index in [9.17, 15) is 4.79 Å². The van der Waals surface area contributed by atoms with Crippen molar-refractivity contribution in [1.29, 1.82) is 0 Å². The number of nitrogens with zero attached hydrogens (tertiary/aromatic N) is 2. The fraction of sp³-hybridized carbons (Fsp3) is 0.364. The van der Waals surface area contributed by atoms with Gasteiger partial charge in [-0.2, -0.15) is 0 Å². The third-order valence-corrected chi connectivity index (χ3v) is 5.83. The van der Waals surface area contributed by atoms with Crippen LogP contribution in [0.2, 0.25) is 0 Å². The molecule has 1 unspecified atom stereocenters. The lowest BCUT2D eigenvalue weighted by atomic mass is 9.92. The van der Waals surface area contributed by atoms with Crippen LogP contribution in [-0.4, -0.2) is 40.5 Å². The molecule has 27 heavy (non-hydrogen) atoms. The van der Waals surface area contributed by atoms with Crippen molar-refractivity contribution in [2.24, 2.45) is 5.92 Å². The SMILES string of the molecule is O=C(C1COc2ccccc2C1)N1CCC(c2nc3ccccc3[nH]2)CC1. The van der Waals surface area contributed by atoms with Gasteiger partial charge in [0, 0.05) is 19.0 Å². The van der Waals surface area contributed by atoms with Gasteiger partial charge in [0.1, 0.15) is 18.2 Å². The third kappa shape index (κ3) is 3.07. The summed E-state index contributed by atoms with van der Waals surface area (Å²) in [6.07, 6.45) is 2.68. The van der Waals surface area contributed by atoms with E-state index in [0.29, 0.717) is 12.5 Å². The molecule has 0 saturated carbocycles. The highest BCUT2D eigenvalue weighted by molar-refractivity contribution is 5.80. The van der Waals surface area contributed by atoms with Gasteiger partial charge >= 0.3 is 0 Å². The number of rotatable bonds is 2. The number of nitrogens with one attached hydrogen (secondary N) is 1. The maximum absolute atomic E-state index is 13.0. The first-order valence-electron chi connectivity index (χ1n) is 9.72. The van der Waals surface area contributed by atoms with Crippen molar-refractivity contribution in [3.05, 3.63) is 59.9 Å². The number of imidazole rings is 1. The van der Waals surface area contributed by atoms with Gasteiger partial charge in [-0.05, 0) is 43.0 Å². The number of hydrogen-bond acceptors (Lipinski definition) is 3. The highest BCUT2D eigenvalue weighted by atomic mass is 16.5. The number of aromatic nitrogens is 2. The molecule has 5 heteroatoms. The molecule has 0 spiro atoms. The first-order chi connectivity index (χ1) is 13.3. The van der Waals surface area contributed by atoms with Crippen molar-refractivity contribution in [3.63, 3.8) is 0 Å². The molecule has 1 atom stereocenters. The molecule has 1 saturated heterocycles. The predicted octanol–water partition coefficient (Wildman–Crippen LogP) is 3.52. The minimum atomic E-state index is -0.0670. The molecule has 0 radical (unpaired) electrons. The van der Waals surface area contributed by atoms with Gasteiger partial charge in [-0.15, -0.1) is 0 Å². The number of carbonyl (C=O) groups is 1. The molecular formula is C22H23N3O2.